The molecule has 2 aromatic rings. The van der Waals surface area contributed by atoms with Crippen LogP contribution in [0.3, 0.4) is 0 Å². The molecule has 0 radical (unpaired) electrons. The molecule has 0 heterocycles. The SMILES string of the molecule is CCOC(=O)CCN(Cc1ccccc1)S(=O)(=O)c1ccc(NC(C)=O)c(Cl)c1. The van der Waals surface area contributed by atoms with Crippen molar-refractivity contribution in [2.75, 3.05) is 18.5 Å². The third kappa shape index (κ3) is 6.56. The molecule has 2 rings (SSSR count). The van der Waals surface area contributed by atoms with Gasteiger partial charge in [-0.1, -0.05) is 41.9 Å². The molecule has 0 saturated heterocycles. The largest absolute Gasteiger partial charge is 0.466 e. The van der Waals surface area contributed by atoms with E-state index in [-0.39, 0.29) is 41.9 Å². The molecular formula is C20H23ClN2O5S. The molecule has 0 aliphatic heterocycles. The summed E-state index contributed by atoms with van der Waals surface area (Å²) in [5.41, 5.74) is 1.10. The normalized spacial score (nSPS) is 11.3. The Bertz CT molecular complexity index is 964. The first-order valence-corrected chi connectivity index (χ1v) is 10.8. The van der Waals surface area contributed by atoms with Crippen molar-refractivity contribution in [2.24, 2.45) is 0 Å². The summed E-state index contributed by atoms with van der Waals surface area (Å²) in [6.45, 7) is 3.30. The van der Waals surface area contributed by atoms with E-state index in [4.69, 9.17) is 16.3 Å². The van der Waals surface area contributed by atoms with E-state index in [1.165, 1.54) is 29.4 Å². The molecule has 0 atom stereocenters. The van der Waals surface area contributed by atoms with Crippen LogP contribution in [-0.2, 0) is 30.9 Å². The van der Waals surface area contributed by atoms with E-state index in [0.29, 0.717) is 5.69 Å². The lowest BCUT2D eigenvalue weighted by Crippen LogP contribution is -2.33. The average molecular weight is 439 g/mol. The van der Waals surface area contributed by atoms with Gasteiger partial charge in [0, 0.05) is 20.0 Å². The first-order valence-electron chi connectivity index (χ1n) is 9.01. The van der Waals surface area contributed by atoms with E-state index in [1.54, 1.807) is 19.1 Å². The zero-order valence-electron chi connectivity index (χ0n) is 16.2. The second-order valence-electron chi connectivity index (χ2n) is 6.20. The molecule has 0 saturated carbocycles. The Kier molecular flexibility index (Phi) is 8.19. The molecular weight excluding hydrogens is 416 g/mol. The Morgan fingerprint density at radius 1 is 1.14 bits per heavy atom. The van der Waals surface area contributed by atoms with E-state index >= 15 is 0 Å². The monoisotopic (exact) mass is 438 g/mol. The van der Waals surface area contributed by atoms with Crippen molar-refractivity contribution < 1.29 is 22.7 Å². The van der Waals surface area contributed by atoms with Crippen molar-refractivity contribution in [3.63, 3.8) is 0 Å². The Labute approximate surface area is 175 Å². The molecule has 156 valence electrons. The van der Waals surface area contributed by atoms with Crippen molar-refractivity contribution in [3.8, 4) is 0 Å². The average Bonchev–Trinajstić information content (AvgIpc) is 2.67. The van der Waals surface area contributed by atoms with Crippen LogP contribution in [0.2, 0.25) is 5.02 Å². The lowest BCUT2D eigenvalue weighted by molar-refractivity contribution is -0.143. The third-order valence-corrected chi connectivity index (χ3v) is 6.12. The highest BCUT2D eigenvalue weighted by Crippen LogP contribution is 2.27. The minimum absolute atomic E-state index is 0.0311. The summed E-state index contributed by atoms with van der Waals surface area (Å²) in [4.78, 5) is 22.9. The standard InChI is InChI=1S/C20H23ClN2O5S/c1-3-28-20(25)11-12-23(14-16-7-5-4-6-8-16)29(26,27)17-9-10-19(18(21)13-17)22-15(2)24/h4-10,13H,3,11-12,14H2,1-2H3,(H,22,24). The van der Waals surface area contributed by atoms with Crippen molar-refractivity contribution in [2.45, 2.75) is 31.7 Å². The highest BCUT2D eigenvalue weighted by atomic mass is 35.5. The fraction of sp³-hybridized carbons (Fsp3) is 0.300. The number of hydrogen-bond donors (Lipinski definition) is 1. The highest BCUT2D eigenvalue weighted by molar-refractivity contribution is 7.89. The number of halogens is 1. The Hall–Kier alpha value is -2.42. The van der Waals surface area contributed by atoms with Crippen molar-refractivity contribution in [3.05, 3.63) is 59.1 Å². The van der Waals surface area contributed by atoms with Gasteiger partial charge in [-0.2, -0.15) is 4.31 Å². The molecule has 1 N–H and O–H groups in total. The van der Waals surface area contributed by atoms with Crippen LogP contribution in [0.25, 0.3) is 0 Å². The van der Waals surface area contributed by atoms with Gasteiger partial charge in [0.2, 0.25) is 15.9 Å². The lowest BCUT2D eigenvalue weighted by atomic mass is 10.2. The molecule has 0 bridgehead atoms. The number of anilines is 1. The number of carbonyl (C=O) groups excluding carboxylic acids is 2. The first kappa shape index (κ1) is 22.9. The molecule has 0 aliphatic carbocycles. The van der Waals surface area contributed by atoms with E-state index < -0.39 is 16.0 Å². The smallest absolute Gasteiger partial charge is 0.307 e. The summed E-state index contributed by atoms with van der Waals surface area (Å²) < 4.78 is 32.6. The van der Waals surface area contributed by atoms with Gasteiger partial charge in [0.05, 0.1) is 28.6 Å². The molecule has 1 amide bonds. The molecule has 0 aliphatic rings. The second-order valence-corrected chi connectivity index (χ2v) is 8.55. The highest BCUT2D eigenvalue weighted by Gasteiger charge is 2.26. The van der Waals surface area contributed by atoms with Gasteiger partial charge in [0.15, 0.2) is 0 Å². The molecule has 9 heteroatoms. The predicted octanol–water partition coefficient (Wildman–Crippen LogP) is 3.44. The van der Waals surface area contributed by atoms with Crippen LogP contribution in [0.1, 0.15) is 25.8 Å². The summed E-state index contributed by atoms with van der Waals surface area (Å²) in [5.74, 6) is -0.789. The summed E-state index contributed by atoms with van der Waals surface area (Å²) in [5, 5.41) is 2.64. The number of nitrogens with zero attached hydrogens (tertiary/aromatic N) is 1. The minimum atomic E-state index is -3.95. The van der Waals surface area contributed by atoms with E-state index in [2.05, 4.69) is 5.32 Å². The maximum atomic E-state index is 13.2. The first-order chi connectivity index (χ1) is 13.7. The van der Waals surface area contributed by atoms with Crippen molar-refractivity contribution >= 4 is 39.2 Å². The van der Waals surface area contributed by atoms with Crippen LogP contribution >= 0.6 is 11.6 Å². The molecule has 2 aromatic carbocycles. The molecule has 0 unspecified atom stereocenters. The number of benzene rings is 2. The van der Waals surface area contributed by atoms with Crippen LogP contribution in [-0.4, -0.2) is 37.8 Å². The van der Waals surface area contributed by atoms with Gasteiger partial charge >= 0.3 is 5.97 Å². The number of rotatable bonds is 9. The summed E-state index contributed by atoms with van der Waals surface area (Å²) >= 11 is 6.14. The topological polar surface area (TPSA) is 92.8 Å². The van der Waals surface area contributed by atoms with E-state index in [1.807, 2.05) is 18.2 Å². The summed E-state index contributed by atoms with van der Waals surface area (Å²) in [7, 11) is -3.95. The van der Waals surface area contributed by atoms with Crippen LogP contribution in [0.4, 0.5) is 5.69 Å². The van der Waals surface area contributed by atoms with Gasteiger partial charge in [-0.3, -0.25) is 9.59 Å². The maximum Gasteiger partial charge on any atom is 0.307 e. The zero-order chi connectivity index (χ0) is 21.4. The number of esters is 1. The van der Waals surface area contributed by atoms with Gasteiger partial charge in [-0.05, 0) is 30.7 Å². The lowest BCUT2D eigenvalue weighted by Gasteiger charge is -2.22. The van der Waals surface area contributed by atoms with Crippen LogP contribution in [0.15, 0.2) is 53.4 Å². The molecule has 7 nitrogen and oxygen atoms in total. The molecule has 0 fully saturated rings. The Morgan fingerprint density at radius 3 is 2.41 bits per heavy atom. The van der Waals surface area contributed by atoms with Gasteiger partial charge in [-0.15, -0.1) is 0 Å². The van der Waals surface area contributed by atoms with Gasteiger partial charge < -0.3 is 10.1 Å². The molecule has 0 spiro atoms. The fourth-order valence-corrected chi connectivity index (χ4v) is 4.36. The molecule has 0 aromatic heterocycles. The predicted molar refractivity (Wildman–Crippen MR) is 111 cm³/mol. The van der Waals surface area contributed by atoms with E-state index in [0.717, 1.165) is 5.56 Å². The van der Waals surface area contributed by atoms with Gasteiger partial charge in [-0.25, -0.2) is 8.42 Å². The van der Waals surface area contributed by atoms with Crippen molar-refractivity contribution in [1.82, 2.24) is 4.31 Å². The number of hydrogen-bond acceptors (Lipinski definition) is 5. The van der Waals surface area contributed by atoms with E-state index in [9.17, 15) is 18.0 Å². The number of sulfonamides is 1. The summed E-state index contributed by atoms with van der Waals surface area (Å²) in [6, 6.07) is 13.2. The van der Waals surface area contributed by atoms with Crippen LogP contribution in [0, 0.1) is 0 Å². The molecule has 29 heavy (non-hydrogen) atoms. The fourth-order valence-electron chi connectivity index (χ4n) is 2.62. The quantitative estimate of drug-likeness (QED) is 0.605. The number of amides is 1. The van der Waals surface area contributed by atoms with Gasteiger partial charge in [0.1, 0.15) is 0 Å². The number of ether oxygens (including phenoxy) is 1. The van der Waals surface area contributed by atoms with Gasteiger partial charge in [0.25, 0.3) is 0 Å². The second kappa shape index (κ2) is 10.4. The van der Waals surface area contributed by atoms with Crippen LogP contribution in [0.5, 0.6) is 0 Å². The summed E-state index contributed by atoms with van der Waals surface area (Å²) in [6.07, 6.45) is -0.0718. The maximum absolute atomic E-state index is 13.2. The van der Waals surface area contributed by atoms with Crippen molar-refractivity contribution in [1.29, 1.82) is 0 Å². The number of carbonyl (C=O) groups is 2. The minimum Gasteiger partial charge on any atom is -0.466 e. The zero-order valence-corrected chi connectivity index (χ0v) is 17.8. The number of nitrogens with one attached hydrogen (secondary N) is 1. The Morgan fingerprint density at radius 2 is 1.83 bits per heavy atom. The Balaban J connectivity index is 2.32. The van der Waals surface area contributed by atoms with Crippen LogP contribution < -0.4 is 5.32 Å². The third-order valence-electron chi connectivity index (χ3n) is 3.96.